The first-order valence-corrected chi connectivity index (χ1v) is 4.67. The molecule has 0 aliphatic heterocycles. The van der Waals surface area contributed by atoms with Crippen molar-refractivity contribution < 1.29 is 23.7 Å². The predicted octanol–water partition coefficient (Wildman–Crippen LogP) is -0.639. The Labute approximate surface area is 104 Å². The van der Waals surface area contributed by atoms with Crippen LogP contribution in [0.25, 0.3) is 0 Å². The van der Waals surface area contributed by atoms with E-state index in [9.17, 15) is 4.79 Å². The van der Waals surface area contributed by atoms with Crippen LogP contribution in [0.1, 0.15) is 31.1 Å². The summed E-state index contributed by atoms with van der Waals surface area (Å²) >= 11 is 0. The van der Waals surface area contributed by atoms with Gasteiger partial charge in [-0.3, -0.25) is 4.79 Å². The number of amides is 1. The topological polar surface area (TPSA) is 20.3 Å². The van der Waals surface area contributed by atoms with Crippen LogP contribution in [0.3, 0.4) is 0 Å². The molecule has 1 rings (SSSR count). The monoisotopic (exact) mass is 197 g/mol. The van der Waals surface area contributed by atoms with Gasteiger partial charge in [0.15, 0.2) is 5.91 Å². The van der Waals surface area contributed by atoms with E-state index >= 15 is 0 Å². The zero-order chi connectivity index (χ0) is 10.8. The van der Waals surface area contributed by atoms with E-state index in [4.69, 9.17) is 0 Å². The van der Waals surface area contributed by atoms with E-state index in [2.05, 4.69) is 6.07 Å². The molecule has 15 heavy (non-hydrogen) atoms. The Kier molecular flexibility index (Phi) is 5.14. The van der Waals surface area contributed by atoms with Crippen molar-refractivity contribution in [1.82, 2.24) is 4.90 Å². The smallest absolute Gasteiger partial charge is 0.347 e. The first kappa shape index (κ1) is 14.3. The SMILES string of the molecule is CN(C(=O)c1c[c-]ccc1)C(C)(C)C.[Li+]. The summed E-state index contributed by atoms with van der Waals surface area (Å²) in [4.78, 5) is 13.6. The molecule has 0 unspecified atom stereocenters. The summed E-state index contributed by atoms with van der Waals surface area (Å²) in [7, 11) is 1.81. The minimum absolute atomic E-state index is 0. The summed E-state index contributed by atoms with van der Waals surface area (Å²) in [6.45, 7) is 6.03. The molecule has 0 saturated heterocycles. The maximum Gasteiger partial charge on any atom is 1.00 e. The molecular weight excluding hydrogens is 181 g/mol. The first-order valence-electron chi connectivity index (χ1n) is 4.67. The van der Waals surface area contributed by atoms with Crippen molar-refractivity contribution >= 4 is 5.91 Å². The molecule has 76 valence electrons. The minimum atomic E-state index is -0.146. The van der Waals surface area contributed by atoms with Crippen LogP contribution >= 0.6 is 0 Å². The summed E-state index contributed by atoms with van der Waals surface area (Å²) in [5, 5.41) is 0. The molecule has 0 spiro atoms. The Morgan fingerprint density at radius 3 is 2.40 bits per heavy atom. The second-order valence-electron chi connectivity index (χ2n) is 4.33. The molecule has 1 aromatic carbocycles. The summed E-state index contributed by atoms with van der Waals surface area (Å²) in [5.74, 6) is 0.0364. The van der Waals surface area contributed by atoms with E-state index in [1.807, 2.05) is 33.9 Å². The van der Waals surface area contributed by atoms with Gasteiger partial charge in [-0.15, -0.1) is 0 Å². The number of hydrogen-bond acceptors (Lipinski definition) is 1. The van der Waals surface area contributed by atoms with Gasteiger partial charge in [0, 0.05) is 12.6 Å². The number of carbonyl (C=O) groups excluding carboxylic acids is 1. The average Bonchev–Trinajstić information content (AvgIpc) is 2.15. The molecule has 0 aromatic heterocycles. The first-order chi connectivity index (χ1) is 6.43. The molecule has 0 aliphatic rings. The second kappa shape index (κ2) is 5.39. The van der Waals surface area contributed by atoms with Crippen LogP contribution in [0.15, 0.2) is 24.3 Å². The van der Waals surface area contributed by atoms with Gasteiger partial charge in [-0.25, -0.2) is 0 Å². The molecule has 0 saturated carbocycles. The molecule has 1 amide bonds. The van der Waals surface area contributed by atoms with Gasteiger partial charge in [-0.1, -0.05) is 5.56 Å². The van der Waals surface area contributed by atoms with Crippen molar-refractivity contribution in [3.63, 3.8) is 0 Å². The fourth-order valence-corrected chi connectivity index (χ4v) is 1.02. The quantitative estimate of drug-likeness (QED) is 0.433. The van der Waals surface area contributed by atoms with Gasteiger partial charge in [0.1, 0.15) is 0 Å². The number of hydrogen-bond donors (Lipinski definition) is 0. The summed E-state index contributed by atoms with van der Waals surface area (Å²) < 4.78 is 0. The van der Waals surface area contributed by atoms with E-state index in [1.54, 1.807) is 23.1 Å². The number of nitrogens with zero attached hydrogens (tertiary/aromatic N) is 1. The Bertz CT molecular complexity index is 316. The van der Waals surface area contributed by atoms with Gasteiger partial charge in [0.25, 0.3) is 0 Å². The molecule has 0 aliphatic carbocycles. The van der Waals surface area contributed by atoms with Crippen molar-refractivity contribution in [3.8, 4) is 0 Å². The third kappa shape index (κ3) is 3.74. The Balaban J connectivity index is 0.00000196. The van der Waals surface area contributed by atoms with Crippen LogP contribution in [0, 0.1) is 6.07 Å². The molecule has 0 N–H and O–H groups in total. The third-order valence-electron chi connectivity index (χ3n) is 2.26. The maximum absolute atomic E-state index is 11.9. The minimum Gasteiger partial charge on any atom is -0.347 e. The molecule has 0 atom stereocenters. The van der Waals surface area contributed by atoms with Crippen LogP contribution < -0.4 is 18.9 Å². The van der Waals surface area contributed by atoms with E-state index < -0.39 is 0 Å². The van der Waals surface area contributed by atoms with Crippen LogP contribution in [-0.4, -0.2) is 23.4 Å². The van der Waals surface area contributed by atoms with E-state index in [1.165, 1.54) is 0 Å². The Morgan fingerprint density at radius 1 is 1.40 bits per heavy atom. The fraction of sp³-hybridized carbons (Fsp3) is 0.417. The van der Waals surface area contributed by atoms with Crippen LogP contribution in [0.2, 0.25) is 0 Å². The van der Waals surface area contributed by atoms with Gasteiger partial charge in [-0.2, -0.15) is 30.3 Å². The summed E-state index contributed by atoms with van der Waals surface area (Å²) in [6, 6.07) is 10.0. The zero-order valence-corrected chi connectivity index (χ0v) is 10.2. The largest absolute Gasteiger partial charge is 1.00 e. The third-order valence-corrected chi connectivity index (χ3v) is 2.26. The van der Waals surface area contributed by atoms with Crippen molar-refractivity contribution in [1.29, 1.82) is 0 Å². The Morgan fingerprint density at radius 2 is 2.00 bits per heavy atom. The molecule has 1 aromatic rings. The van der Waals surface area contributed by atoms with Crippen LogP contribution in [0.5, 0.6) is 0 Å². The summed E-state index contributed by atoms with van der Waals surface area (Å²) in [6.07, 6.45) is 0. The van der Waals surface area contributed by atoms with Gasteiger partial charge < -0.3 is 4.90 Å². The molecule has 0 radical (unpaired) electrons. The predicted molar refractivity (Wildman–Crippen MR) is 57.1 cm³/mol. The summed E-state index contributed by atoms with van der Waals surface area (Å²) in [5.41, 5.74) is 0.539. The van der Waals surface area contributed by atoms with E-state index in [-0.39, 0.29) is 30.3 Å². The average molecular weight is 197 g/mol. The van der Waals surface area contributed by atoms with Crippen LogP contribution in [0.4, 0.5) is 0 Å². The van der Waals surface area contributed by atoms with Crippen LogP contribution in [-0.2, 0) is 0 Å². The van der Waals surface area contributed by atoms with Gasteiger partial charge in [-0.05, 0) is 20.8 Å². The molecule has 0 heterocycles. The standard InChI is InChI=1S/C12H16NO.Li/c1-12(2,3)13(4)11(14)10-8-6-5-7-9-10;/h5-6,8-9H,1-4H3;/q-1;+1. The van der Waals surface area contributed by atoms with E-state index in [0.717, 1.165) is 0 Å². The maximum atomic E-state index is 11.9. The second-order valence-corrected chi connectivity index (χ2v) is 4.33. The molecule has 2 nitrogen and oxygen atoms in total. The zero-order valence-electron chi connectivity index (χ0n) is 10.2. The molecular formula is C12H16LiNO. The number of benzene rings is 1. The molecule has 3 heteroatoms. The Hall–Kier alpha value is -0.713. The van der Waals surface area contributed by atoms with Gasteiger partial charge >= 0.3 is 18.9 Å². The van der Waals surface area contributed by atoms with Gasteiger partial charge in [0.05, 0.1) is 0 Å². The normalized spacial score (nSPS) is 10.4. The molecule has 0 fully saturated rings. The van der Waals surface area contributed by atoms with Crippen molar-refractivity contribution in [2.24, 2.45) is 0 Å². The van der Waals surface area contributed by atoms with Crippen molar-refractivity contribution in [2.75, 3.05) is 7.05 Å². The van der Waals surface area contributed by atoms with Crippen molar-refractivity contribution in [2.45, 2.75) is 26.3 Å². The van der Waals surface area contributed by atoms with Crippen molar-refractivity contribution in [3.05, 3.63) is 35.9 Å². The fourth-order valence-electron chi connectivity index (χ4n) is 1.02. The molecule has 0 bridgehead atoms. The van der Waals surface area contributed by atoms with E-state index in [0.29, 0.717) is 5.56 Å². The number of carbonyl (C=O) groups is 1. The van der Waals surface area contributed by atoms with Gasteiger partial charge in [0.2, 0.25) is 0 Å². The number of rotatable bonds is 1.